The summed E-state index contributed by atoms with van der Waals surface area (Å²) in [6.45, 7) is 3.57. The number of halogens is 1. The number of nitrogen functional groups attached to an aromatic ring is 1. The Labute approximate surface area is 129 Å². The summed E-state index contributed by atoms with van der Waals surface area (Å²) < 4.78 is 0. The number of amides is 1. The lowest BCUT2D eigenvalue weighted by Gasteiger charge is -2.15. The fourth-order valence-corrected chi connectivity index (χ4v) is 2.08. The largest absolute Gasteiger partial charge is 0.481 e. The molecule has 4 N–H and O–H groups in total. The lowest BCUT2D eigenvalue weighted by molar-refractivity contribution is -0.141. The summed E-state index contributed by atoms with van der Waals surface area (Å²) >= 11 is 5.88. The molecular formula is C15H21ClN2O3. The molecule has 0 aliphatic heterocycles. The molecule has 0 saturated heterocycles. The lowest BCUT2D eigenvalue weighted by atomic mass is 10.0. The highest BCUT2D eigenvalue weighted by atomic mass is 35.5. The number of anilines is 1. The Morgan fingerprint density at radius 3 is 2.57 bits per heavy atom. The van der Waals surface area contributed by atoms with Crippen LogP contribution in [0.1, 0.15) is 43.5 Å². The summed E-state index contributed by atoms with van der Waals surface area (Å²) in [6, 6.07) is 4.72. The second-order valence-electron chi connectivity index (χ2n) is 5.28. The number of carbonyl (C=O) groups is 2. The number of benzene rings is 1. The van der Waals surface area contributed by atoms with Gasteiger partial charge in [-0.15, -0.1) is 0 Å². The first-order valence-electron chi connectivity index (χ1n) is 6.90. The molecule has 1 rings (SSSR count). The third-order valence-corrected chi connectivity index (χ3v) is 3.66. The van der Waals surface area contributed by atoms with Crippen molar-refractivity contribution in [1.29, 1.82) is 0 Å². The summed E-state index contributed by atoms with van der Waals surface area (Å²) in [5.74, 6) is -1.36. The topological polar surface area (TPSA) is 92.4 Å². The van der Waals surface area contributed by atoms with Crippen molar-refractivity contribution in [3.05, 3.63) is 28.8 Å². The summed E-state index contributed by atoms with van der Waals surface area (Å²) in [4.78, 5) is 22.7. The molecule has 2 atom stereocenters. The van der Waals surface area contributed by atoms with Crippen molar-refractivity contribution in [2.24, 2.45) is 5.92 Å². The zero-order valence-corrected chi connectivity index (χ0v) is 13.0. The van der Waals surface area contributed by atoms with Gasteiger partial charge >= 0.3 is 5.97 Å². The molecule has 2 unspecified atom stereocenters. The van der Waals surface area contributed by atoms with E-state index in [0.29, 0.717) is 22.7 Å². The number of hydrogen-bond acceptors (Lipinski definition) is 3. The highest BCUT2D eigenvalue weighted by Crippen LogP contribution is 2.19. The predicted molar refractivity (Wildman–Crippen MR) is 83.4 cm³/mol. The van der Waals surface area contributed by atoms with Gasteiger partial charge in [0.15, 0.2) is 0 Å². The van der Waals surface area contributed by atoms with Gasteiger partial charge in [0.2, 0.25) is 0 Å². The van der Waals surface area contributed by atoms with Crippen molar-refractivity contribution < 1.29 is 14.7 Å². The van der Waals surface area contributed by atoms with Gasteiger partial charge in [-0.05, 0) is 38.0 Å². The predicted octanol–water partition coefficient (Wildman–Crippen LogP) is 2.93. The van der Waals surface area contributed by atoms with Crippen LogP contribution in [0, 0.1) is 5.92 Å². The maximum absolute atomic E-state index is 12.0. The van der Waals surface area contributed by atoms with Crippen LogP contribution >= 0.6 is 11.6 Å². The minimum absolute atomic E-state index is 0.0326. The molecule has 1 aromatic carbocycles. The van der Waals surface area contributed by atoms with Gasteiger partial charge in [-0.1, -0.05) is 24.9 Å². The van der Waals surface area contributed by atoms with Crippen LogP contribution in [0.3, 0.4) is 0 Å². The van der Waals surface area contributed by atoms with Crippen molar-refractivity contribution in [2.45, 2.75) is 39.2 Å². The van der Waals surface area contributed by atoms with E-state index in [0.717, 1.165) is 12.8 Å². The van der Waals surface area contributed by atoms with E-state index in [-0.39, 0.29) is 17.9 Å². The van der Waals surface area contributed by atoms with Gasteiger partial charge in [-0.3, -0.25) is 9.59 Å². The number of rotatable bonds is 7. The van der Waals surface area contributed by atoms with Crippen LogP contribution < -0.4 is 11.1 Å². The second kappa shape index (κ2) is 7.88. The van der Waals surface area contributed by atoms with Crippen LogP contribution in [0.15, 0.2) is 18.2 Å². The Kier molecular flexibility index (Phi) is 6.49. The zero-order valence-electron chi connectivity index (χ0n) is 12.2. The summed E-state index contributed by atoms with van der Waals surface area (Å²) in [5, 5.41) is 12.0. The van der Waals surface area contributed by atoms with Crippen LogP contribution in [0.4, 0.5) is 5.69 Å². The van der Waals surface area contributed by atoms with Crippen molar-refractivity contribution in [1.82, 2.24) is 5.32 Å². The van der Waals surface area contributed by atoms with E-state index in [1.807, 2.05) is 6.92 Å². The molecule has 0 spiro atoms. The Bertz CT molecular complexity index is 520. The molecule has 0 aromatic heterocycles. The molecule has 5 nitrogen and oxygen atoms in total. The van der Waals surface area contributed by atoms with Crippen molar-refractivity contribution in [3.63, 3.8) is 0 Å². The van der Waals surface area contributed by atoms with Crippen LogP contribution in [-0.4, -0.2) is 23.0 Å². The molecule has 0 radical (unpaired) electrons. The molecule has 0 aliphatic carbocycles. The Morgan fingerprint density at radius 2 is 2.00 bits per heavy atom. The molecule has 0 bridgehead atoms. The molecule has 0 aliphatic rings. The molecule has 1 aromatic rings. The molecule has 1 amide bonds. The van der Waals surface area contributed by atoms with Crippen molar-refractivity contribution in [2.75, 3.05) is 5.73 Å². The highest BCUT2D eigenvalue weighted by Gasteiger charge is 2.13. The van der Waals surface area contributed by atoms with Crippen molar-refractivity contribution in [3.8, 4) is 0 Å². The van der Waals surface area contributed by atoms with Gasteiger partial charge in [0.25, 0.3) is 5.91 Å². The van der Waals surface area contributed by atoms with Crippen LogP contribution in [0.5, 0.6) is 0 Å². The maximum Gasteiger partial charge on any atom is 0.306 e. The molecule has 116 valence electrons. The van der Waals surface area contributed by atoms with E-state index >= 15 is 0 Å². The molecule has 0 heterocycles. The second-order valence-corrected chi connectivity index (χ2v) is 5.69. The first-order chi connectivity index (χ1) is 9.81. The van der Waals surface area contributed by atoms with Crippen LogP contribution in [-0.2, 0) is 4.79 Å². The van der Waals surface area contributed by atoms with Crippen LogP contribution in [0.25, 0.3) is 0 Å². The molecular weight excluding hydrogens is 292 g/mol. The normalized spacial score (nSPS) is 13.5. The first-order valence-corrected chi connectivity index (χ1v) is 7.27. The summed E-state index contributed by atoms with van der Waals surface area (Å²) in [7, 11) is 0. The monoisotopic (exact) mass is 312 g/mol. The fraction of sp³-hybridized carbons (Fsp3) is 0.467. The van der Waals surface area contributed by atoms with Gasteiger partial charge in [0.1, 0.15) is 0 Å². The Morgan fingerprint density at radius 1 is 1.33 bits per heavy atom. The first kappa shape index (κ1) is 17.3. The number of carbonyl (C=O) groups excluding carboxylic acids is 1. The van der Waals surface area contributed by atoms with E-state index in [4.69, 9.17) is 22.4 Å². The third kappa shape index (κ3) is 5.63. The van der Waals surface area contributed by atoms with Gasteiger partial charge in [0.05, 0.1) is 16.6 Å². The number of hydrogen-bond donors (Lipinski definition) is 3. The van der Waals surface area contributed by atoms with Gasteiger partial charge in [-0.25, -0.2) is 0 Å². The smallest absolute Gasteiger partial charge is 0.306 e. The Balaban J connectivity index is 2.43. The number of aliphatic carboxylic acids is 1. The Hall–Kier alpha value is -1.75. The van der Waals surface area contributed by atoms with E-state index in [1.54, 1.807) is 19.1 Å². The quantitative estimate of drug-likeness (QED) is 0.675. The minimum Gasteiger partial charge on any atom is -0.481 e. The highest BCUT2D eigenvalue weighted by molar-refractivity contribution is 6.33. The number of nitrogens with two attached hydrogens (primary N) is 1. The molecule has 6 heteroatoms. The van der Waals surface area contributed by atoms with E-state index in [1.165, 1.54) is 6.07 Å². The average molecular weight is 313 g/mol. The van der Waals surface area contributed by atoms with Gasteiger partial charge in [0, 0.05) is 11.6 Å². The molecule has 0 fully saturated rings. The van der Waals surface area contributed by atoms with E-state index in [2.05, 4.69) is 5.32 Å². The number of carboxylic acids is 1. The van der Waals surface area contributed by atoms with E-state index in [9.17, 15) is 9.59 Å². The average Bonchev–Trinajstić information content (AvgIpc) is 2.41. The summed E-state index contributed by atoms with van der Waals surface area (Å²) in [6.07, 6.45) is 2.08. The standard InChI is InChI=1S/C15H21ClN2O3/c1-9(15(20)21)4-3-5-10(2)18-14(19)11-6-7-13(17)12(16)8-11/h6-10H,3-5,17H2,1-2H3,(H,18,19)(H,20,21). The molecule has 0 saturated carbocycles. The van der Waals surface area contributed by atoms with Gasteiger partial charge in [-0.2, -0.15) is 0 Å². The number of carboxylic acid groups (broad SMARTS) is 1. The third-order valence-electron chi connectivity index (χ3n) is 3.34. The SMILES string of the molecule is CC(CCCC(C)C(=O)O)NC(=O)c1ccc(N)c(Cl)c1. The lowest BCUT2D eigenvalue weighted by Crippen LogP contribution is -2.32. The summed E-state index contributed by atoms with van der Waals surface area (Å²) in [5.41, 5.74) is 6.49. The minimum atomic E-state index is -0.789. The number of nitrogens with one attached hydrogen (secondary N) is 1. The van der Waals surface area contributed by atoms with Gasteiger partial charge < -0.3 is 16.2 Å². The van der Waals surface area contributed by atoms with Crippen LogP contribution in [0.2, 0.25) is 5.02 Å². The molecule has 21 heavy (non-hydrogen) atoms. The maximum atomic E-state index is 12.0. The fourth-order valence-electron chi connectivity index (χ4n) is 1.90. The van der Waals surface area contributed by atoms with Crippen molar-refractivity contribution >= 4 is 29.2 Å². The zero-order chi connectivity index (χ0) is 16.0. The van der Waals surface area contributed by atoms with E-state index < -0.39 is 5.97 Å².